The third-order valence-corrected chi connectivity index (χ3v) is 5.50. The van der Waals surface area contributed by atoms with Crippen molar-refractivity contribution in [3.8, 4) is 0 Å². The standard InChI is InChI=1S/C21H30FN3O/c1-23-12-3-2-7-20(23)21(26)25-15-5-14-24(16-17-25)13-4-6-18-8-10-19(22)11-9-18/h4,6,8-11,20H,2-3,5,7,12-17H2,1H3. The summed E-state index contributed by atoms with van der Waals surface area (Å²) in [5.74, 6) is 0.110. The molecule has 1 unspecified atom stereocenters. The van der Waals surface area contributed by atoms with Crippen LogP contribution in [0.4, 0.5) is 4.39 Å². The molecule has 4 nitrogen and oxygen atoms in total. The van der Waals surface area contributed by atoms with Crippen molar-refractivity contribution in [2.24, 2.45) is 0 Å². The second kappa shape index (κ2) is 9.28. The van der Waals surface area contributed by atoms with Crippen LogP contribution in [-0.2, 0) is 4.79 Å². The lowest BCUT2D eigenvalue weighted by Crippen LogP contribution is -2.50. The molecule has 0 aliphatic carbocycles. The van der Waals surface area contributed by atoms with Gasteiger partial charge >= 0.3 is 0 Å². The molecule has 5 heteroatoms. The molecular formula is C21H30FN3O. The molecule has 2 heterocycles. The summed E-state index contributed by atoms with van der Waals surface area (Å²) in [7, 11) is 2.08. The normalized spacial score (nSPS) is 23.3. The zero-order valence-corrected chi connectivity index (χ0v) is 15.7. The molecule has 0 aromatic heterocycles. The molecular weight excluding hydrogens is 329 g/mol. The van der Waals surface area contributed by atoms with Crippen LogP contribution in [-0.4, -0.2) is 73.0 Å². The van der Waals surface area contributed by atoms with Crippen molar-refractivity contribution >= 4 is 12.0 Å². The zero-order chi connectivity index (χ0) is 18.4. The fourth-order valence-corrected chi connectivity index (χ4v) is 3.88. The van der Waals surface area contributed by atoms with Crippen molar-refractivity contribution < 1.29 is 9.18 Å². The van der Waals surface area contributed by atoms with Crippen LogP contribution in [0.15, 0.2) is 30.3 Å². The predicted octanol–water partition coefficient (Wildman–Crippen LogP) is 2.86. The topological polar surface area (TPSA) is 26.8 Å². The van der Waals surface area contributed by atoms with Gasteiger partial charge in [0.1, 0.15) is 5.82 Å². The molecule has 2 fully saturated rings. The Labute approximate surface area is 156 Å². The average molecular weight is 359 g/mol. The number of halogens is 1. The van der Waals surface area contributed by atoms with E-state index in [9.17, 15) is 9.18 Å². The van der Waals surface area contributed by atoms with E-state index < -0.39 is 0 Å². The molecule has 1 aromatic rings. The first kappa shape index (κ1) is 19.1. The van der Waals surface area contributed by atoms with Gasteiger partial charge in [-0.3, -0.25) is 14.6 Å². The fraction of sp³-hybridized carbons (Fsp3) is 0.571. The van der Waals surface area contributed by atoms with Crippen LogP contribution < -0.4 is 0 Å². The summed E-state index contributed by atoms with van der Waals surface area (Å²) in [5, 5.41) is 0. The first-order valence-electron chi connectivity index (χ1n) is 9.77. The number of likely N-dealkylation sites (N-methyl/N-ethyl adjacent to an activating group) is 1. The van der Waals surface area contributed by atoms with Gasteiger partial charge in [-0.2, -0.15) is 0 Å². The molecule has 142 valence electrons. The molecule has 1 aromatic carbocycles. The van der Waals surface area contributed by atoms with Gasteiger partial charge < -0.3 is 4.90 Å². The fourth-order valence-electron chi connectivity index (χ4n) is 3.88. The molecule has 0 spiro atoms. The van der Waals surface area contributed by atoms with Gasteiger partial charge in [-0.25, -0.2) is 4.39 Å². The minimum Gasteiger partial charge on any atom is -0.340 e. The maximum atomic E-state index is 12.9. The van der Waals surface area contributed by atoms with Crippen LogP contribution in [0, 0.1) is 5.82 Å². The number of carbonyl (C=O) groups is 1. The van der Waals surface area contributed by atoms with E-state index in [2.05, 4.69) is 27.8 Å². The Balaban J connectivity index is 1.48. The van der Waals surface area contributed by atoms with E-state index in [4.69, 9.17) is 0 Å². The van der Waals surface area contributed by atoms with Crippen LogP contribution in [0.5, 0.6) is 0 Å². The molecule has 26 heavy (non-hydrogen) atoms. The van der Waals surface area contributed by atoms with Crippen molar-refractivity contribution in [3.63, 3.8) is 0 Å². The molecule has 0 N–H and O–H groups in total. The number of nitrogens with zero attached hydrogens (tertiary/aromatic N) is 3. The molecule has 3 rings (SSSR count). The smallest absolute Gasteiger partial charge is 0.239 e. The van der Waals surface area contributed by atoms with Crippen molar-refractivity contribution in [2.45, 2.75) is 31.7 Å². The molecule has 2 aliphatic rings. The predicted molar refractivity (Wildman–Crippen MR) is 103 cm³/mol. The van der Waals surface area contributed by atoms with Crippen molar-refractivity contribution in [3.05, 3.63) is 41.7 Å². The second-order valence-electron chi connectivity index (χ2n) is 7.43. The molecule has 0 bridgehead atoms. The van der Waals surface area contributed by atoms with Crippen LogP contribution >= 0.6 is 0 Å². The monoisotopic (exact) mass is 359 g/mol. The van der Waals surface area contributed by atoms with Crippen LogP contribution in [0.2, 0.25) is 0 Å². The Kier molecular flexibility index (Phi) is 6.80. The van der Waals surface area contributed by atoms with E-state index in [-0.39, 0.29) is 11.9 Å². The highest BCUT2D eigenvalue weighted by atomic mass is 19.1. The average Bonchev–Trinajstić information content (AvgIpc) is 2.89. The number of rotatable bonds is 4. The Morgan fingerprint density at radius 3 is 2.65 bits per heavy atom. The van der Waals surface area contributed by atoms with Crippen molar-refractivity contribution in [1.82, 2.24) is 14.7 Å². The minimum atomic E-state index is -0.206. The Hall–Kier alpha value is -1.72. The Bertz CT molecular complexity index is 616. The Morgan fingerprint density at radius 1 is 1.08 bits per heavy atom. The molecule has 0 saturated carbocycles. The molecule has 1 atom stereocenters. The van der Waals surface area contributed by atoms with E-state index in [0.29, 0.717) is 5.91 Å². The summed E-state index contributed by atoms with van der Waals surface area (Å²) in [6.45, 7) is 5.50. The van der Waals surface area contributed by atoms with Gasteiger partial charge in [0.05, 0.1) is 6.04 Å². The van der Waals surface area contributed by atoms with E-state index >= 15 is 0 Å². The van der Waals surface area contributed by atoms with Crippen molar-refractivity contribution in [2.75, 3.05) is 46.3 Å². The third kappa shape index (κ3) is 5.15. The van der Waals surface area contributed by atoms with E-state index in [1.165, 1.54) is 18.6 Å². The lowest BCUT2D eigenvalue weighted by molar-refractivity contribution is -0.137. The lowest BCUT2D eigenvalue weighted by atomic mass is 10.0. The summed E-state index contributed by atoms with van der Waals surface area (Å²) in [4.78, 5) is 19.5. The van der Waals surface area contributed by atoms with Crippen LogP contribution in [0.3, 0.4) is 0 Å². The van der Waals surface area contributed by atoms with Gasteiger partial charge in [0.15, 0.2) is 0 Å². The quantitative estimate of drug-likeness (QED) is 0.827. The number of piperidine rings is 1. The maximum Gasteiger partial charge on any atom is 0.239 e. The van der Waals surface area contributed by atoms with Crippen LogP contribution in [0.25, 0.3) is 6.08 Å². The summed E-state index contributed by atoms with van der Waals surface area (Å²) in [6.07, 6.45) is 8.54. The number of hydrogen-bond donors (Lipinski definition) is 0. The van der Waals surface area contributed by atoms with Gasteiger partial charge in [-0.1, -0.05) is 30.7 Å². The number of amides is 1. The number of hydrogen-bond acceptors (Lipinski definition) is 3. The second-order valence-corrected chi connectivity index (χ2v) is 7.43. The molecule has 2 saturated heterocycles. The van der Waals surface area contributed by atoms with Gasteiger partial charge in [0.25, 0.3) is 0 Å². The van der Waals surface area contributed by atoms with E-state index in [1.807, 2.05) is 6.08 Å². The number of likely N-dealkylation sites (tertiary alicyclic amines) is 1. The molecule has 0 radical (unpaired) electrons. The SMILES string of the molecule is CN1CCCCC1C(=O)N1CCCN(CC=Cc2ccc(F)cc2)CC1. The van der Waals surface area contributed by atoms with Gasteiger partial charge in [-0.05, 0) is 50.6 Å². The van der Waals surface area contributed by atoms with E-state index in [0.717, 1.165) is 64.1 Å². The lowest BCUT2D eigenvalue weighted by Gasteiger charge is -2.35. The maximum absolute atomic E-state index is 12.9. The highest BCUT2D eigenvalue weighted by Gasteiger charge is 2.30. The Morgan fingerprint density at radius 2 is 1.88 bits per heavy atom. The largest absolute Gasteiger partial charge is 0.340 e. The summed E-state index contributed by atoms with van der Waals surface area (Å²) in [5.41, 5.74) is 1.01. The van der Waals surface area contributed by atoms with Crippen molar-refractivity contribution in [1.29, 1.82) is 0 Å². The summed E-state index contributed by atoms with van der Waals surface area (Å²) < 4.78 is 12.9. The zero-order valence-electron chi connectivity index (χ0n) is 15.7. The third-order valence-electron chi connectivity index (χ3n) is 5.50. The number of carbonyl (C=O) groups excluding carboxylic acids is 1. The molecule has 1 amide bonds. The highest BCUT2D eigenvalue weighted by molar-refractivity contribution is 5.82. The van der Waals surface area contributed by atoms with Gasteiger partial charge in [0, 0.05) is 32.7 Å². The van der Waals surface area contributed by atoms with Crippen LogP contribution in [0.1, 0.15) is 31.2 Å². The van der Waals surface area contributed by atoms with E-state index in [1.54, 1.807) is 12.1 Å². The summed E-state index contributed by atoms with van der Waals surface area (Å²) in [6, 6.07) is 6.62. The summed E-state index contributed by atoms with van der Waals surface area (Å²) >= 11 is 0. The first-order chi connectivity index (χ1) is 12.6. The van der Waals surface area contributed by atoms with Gasteiger partial charge in [0.2, 0.25) is 5.91 Å². The molecule has 2 aliphatic heterocycles. The first-order valence-corrected chi connectivity index (χ1v) is 9.77. The van der Waals surface area contributed by atoms with Gasteiger partial charge in [-0.15, -0.1) is 0 Å². The number of benzene rings is 1. The highest BCUT2D eigenvalue weighted by Crippen LogP contribution is 2.18. The minimum absolute atomic E-state index is 0.0775.